The van der Waals surface area contributed by atoms with Crippen molar-refractivity contribution in [1.29, 1.82) is 0 Å². The highest BCUT2D eigenvalue weighted by atomic mass is 16.5. The predicted octanol–water partition coefficient (Wildman–Crippen LogP) is 3.73. The molecular weight excluding hydrogens is 390 g/mol. The largest absolute Gasteiger partial charge is 0.379 e. The second-order valence-corrected chi connectivity index (χ2v) is 9.67. The molecule has 3 heterocycles. The second kappa shape index (κ2) is 7.80. The maximum atomic E-state index is 12.7. The molecule has 1 fully saturated rings. The number of H-pyrrole nitrogens is 2. The average molecular weight is 422 g/mol. The SMILES string of the molecule is C[C@@H](C(=O)Nc1ccc2cc(-c3n[nH]c4c3CCC(C)(C)C4)[nH]c2c1)N1CCOCC1. The Balaban J connectivity index is 1.35. The van der Waals surface area contributed by atoms with Crippen molar-refractivity contribution < 1.29 is 9.53 Å². The summed E-state index contributed by atoms with van der Waals surface area (Å²) < 4.78 is 5.39. The van der Waals surface area contributed by atoms with Crippen LogP contribution in [0.4, 0.5) is 5.69 Å². The van der Waals surface area contributed by atoms with E-state index in [9.17, 15) is 4.79 Å². The van der Waals surface area contributed by atoms with Gasteiger partial charge in [-0.2, -0.15) is 5.10 Å². The van der Waals surface area contributed by atoms with E-state index in [0.717, 1.165) is 53.9 Å². The van der Waals surface area contributed by atoms with Gasteiger partial charge in [0.1, 0.15) is 5.69 Å². The van der Waals surface area contributed by atoms with E-state index in [4.69, 9.17) is 4.74 Å². The molecule has 7 heteroatoms. The molecule has 31 heavy (non-hydrogen) atoms. The molecule has 0 bridgehead atoms. The highest BCUT2D eigenvalue weighted by Crippen LogP contribution is 2.38. The van der Waals surface area contributed by atoms with Gasteiger partial charge in [0.2, 0.25) is 5.91 Å². The van der Waals surface area contributed by atoms with Crippen molar-refractivity contribution in [2.45, 2.75) is 46.1 Å². The number of carbonyl (C=O) groups is 1. The van der Waals surface area contributed by atoms with Gasteiger partial charge in [-0.25, -0.2) is 0 Å². The number of hydrogen-bond acceptors (Lipinski definition) is 4. The molecule has 1 aliphatic heterocycles. The molecule has 0 radical (unpaired) electrons. The Labute approximate surface area is 182 Å². The summed E-state index contributed by atoms with van der Waals surface area (Å²) in [5, 5.41) is 12.1. The lowest BCUT2D eigenvalue weighted by Gasteiger charge is -2.31. The van der Waals surface area contributed by atoms with E-state index in [0.29, 0.717) is 18.6 Å². The number of carbonyl (C=O) groups excluding carboxylic acids is 1. The number of morpholine rings is 1. The number of amides is 1. The molecule has 0 unspecified atom stereocenters. The van der Waals surface area contributed by atoms with Crippen molar-refractivity contribution in [1.82, 2.24) is 20.1 Å². The normalized spacial score (nSPS) is 19.8. The number of aromatic nitrogens is 3. The number of nitrogens with one attached hydrogen (secondary N) is 3. The number of rotatable bonds is 4. The first-order valence-electron chi connectivity index (χ1n) is 11.2. The van der Waals surface area contributed by atoms with E-state index in [1.807, 2.05) is 25.1 Å². The molecule has 3 N–H and O–H groups in total. The third-order valence-electron chi connectivity index (χ3n) is 6.78. The summed E-state index contributed by atoms with van der Waals surface area (Å²) in [6.45, 7) is 9.53. The lowest BCUT2D eigenvalue weighted by Crippen LogP contribution is -2.47. The van der Waals surface area contributed by atoms with Crippen LogP contribution in [0, 0.1) is 5.41 Å². The number of fused-ring (bicyclic) bond motifs is 2. The summed E-state index contributed by atoms with van der Waals surface area (Å²) in [7, 11) is 0. The lowest BCUT2D eigenvalue weighted by molar-refractivity contribution is -0.122. The Bertz CT molecular complexity index is 1110. The molecule has 0 saturated carbocycles. The molecular formula is C24H31N5O2. The van der Waals surface area contributed by atoms with Crippen molar-refractivity contribution in [3.8, 4) is 11.4 Å². The van der Waals surface area contributed by atoms with Crippen LogP contribution >= 0.6 is 0 Å². The Morgan fingerprint density at radius 1 is 1.26 bits per heavy atom. The average Bonchev–Trinajstić information content (AvgIpc) is 3.35. The van der Waals surface area contributed by atoms with Crippen LogP contribution in [0.25, 0.3) is 22.3 Å². The molecule has 1 saturated heterocycles. The number of ether oxygens (including phenoxy) is 1. The first-order chi connectivity index (χ1) is 14.9. The van der Waals surface area contributed by atoms with Crippen LogP contribution in [-0.2, 0) is 22.4 Å². The van der Waals surface area contributed by atoms with Crippen molar-refractivity contribution in [3.63, 3.8) is 0 Å². The van der Waals surface area contributed by atoms with Gasteiger partial charge in [0.05, 0.1) is 24.9 Å². The second-order valence-electron chi connectivity index (χ2n) is 9.67. The molecule has 0 spiro atoms. The highest BCUT2D eigenvalue weighted by Gasteiger charge is 2.29. The maximum absolute atomic E-state index is 12.7. The lowest BCUT2D eigenvalue weighted by atomic mass is 9.76. The number of anilines is 1. The Hall–Kier alpha value is -2.64. The van der Waals surface area contributed by atoms with Crippen LogP contribution in [0.3, 0.4) is 0 Å². The van der Waals surface area contributed by atoms with E-state index in [1.54, 1.807) is 0 Å². The van der Waals surface area contributed by atoms with Crippen LogP contribution in [0.5, 0.6) is 0 Å². The molecule has 1 aliphatic carbocycles. The van der Waals surface area contributed by atoms with Gasteiger partial charge in [-0.1, -0.05) is 19.9 Å². The molecule has 164 valence electrons. The molecule has 2 aliphatic rings. The van der Waals surface area contributed by atoms with E-state index in [-0.39, 0.29) is 11.9 Å². The Morgan fingerprint density at radius 3 is 2.87 bits per heavy atom. The quantitative estimate of drug-likeness (QED) is 0.599. The fourth-order valence-corrected chi connectivity index (χ4v) is 4.78. The first kappa shape index (κ1) is 20.3. The van der Waals surface area contributed by atoms with Crippen LogP contribution in [0.15, 0.2) is 24.3 Å². The fraction of sp³-hybridized carbons (Fsp3) is 0.500. The summed E-state index contributed by atoms with van der Waals surface area (Å²) in [6, 6.07) is 7.98. The molecule has 5 rings (SSSR count). The van der Waals surface area contributed by atoms with Gasteiger partial charge in [-0.05, 0) is 49.8 Å². The zero-order chi connectivity index (χ0) is 21.6. The minimum absolute atomic E-state index is 0.0111. The van der Waals surface area contributed by atoms with Gasteiger partial charge in [0.25, 0.3) is 0 Å². The third-order valence-corrected chi connectivity index (χ3v) is 6.78. The molecule has 1 aromatic carbocycles. The minimum atomic E-state index is -0.182. The summed E-state index contributed by atoms with van der Waals surface area (Å²) in [5.74, 6) is 0.0111. The first-order valence-corrected chi connectivity index (χ1v) is 11.2. The summed E-state index contributed by atoms with van der Waals surface area (Å²) >= 11 is 0. The molecule has 7 nitrogen and oxygen atoms in total. The summed E-state index contributed by atoms with van der Waals surface area (Å²) in [5.41, 5.74) is 6.76. The van der Waals surface area contributed by atoms with E-state index in [1.165, 1.54) is 17.7 Å². The van der Waals surface area contributed by atoms with Crippen LogP contribution < -0.4 is 5.32 Å². The summed E-state index contributed by atoms with van der Waals surface area (Å²) in [6.07, 6.45) is 3.25. The van der Waals surface area contributed by atoms with Crippen molar-refractivity contribution in [2.24, 2.45) is 5.41 Å². The maximum Gasteiger partial charge on any atom is 0.241 e. The zero-order valence-corrected chi connectivity index (χ0v) is 18.5. The van der Waals surface area contributed by atoms with E-state index >= 15 is 0 Å². The van der Waals surface area contributed by atoms with E-state index < -0.39 is 0 Å². The van der Waals surface area contributed by atoms with E-state index in [2.05, 4.69) is 45.3 Å². The van der Waals surface area contributed by atoms with Crippen LogP contribution in [0.1, 0.15) is 38.4 Å². The number of benzene rings is 1. The molecule has 1 atom stereocenters. The minimum Gasteiger partial charge on any atom is -0.379 e. The number of hydrogen-bond donors (Lipinski definition) is 3. The third kappa shape index (κ3) is 4.00. The monoisotopic (exact) mass is 421 g/mol. The number of nitrogens with zero attached hydrogens (tertiary/aromatic N) is 2. The van der Waals surface area contributed by atoms with Crippen molar-refractivity contribution >= 4 is 22.5 Å². The van der Waals surface area contributed by atoms with Gasteiger partial charge in [0, 0.05) is 40.9 Å². The predicted molar refractivity (Wildman–Crippen MR) is 122 cm³/mol. The van der Waals surface area contributed by atoms with Crippen LogP contribution in [0.2, 0.25) is 0 Å². The molecule has 2 aromatic heterocycles. The number of aromatic amines is 2. The van der Waals surface area contributed by atoms with Gasteiger partial charge >= 0.3 is 0 Å². The van der Waals surface area contributed by atoms with Gasteiger partial charge < -0.3 is 15.0 Å². The molecule has 1 amide bonds. The van der Waals surface area contributed by atoms with Gasteiger partial charge in [0.15, 0.2) is 0 Å². The smallest absolute Gasteiger partial charge is 0.241 e. The standard InChI is InChI=1S/C24H31N5O2/c1-15(29-8-10-31-11-9-29)23(30)25-17-5-4-16-12-20(26-19(16)13-17)22-18-6-7-24(2,3)14-21(18)27-28-22/h4-5,12-13,15,26H,6-11,14H2,1-3H3,(H,25,30)(H,27,28)/t15-/m0/s1. The Kier molecular flexibility index (Phi) is 5.10. The van der Waals surface area contributed by atoms with Gasteiger partial charge in [-0.3, -0.25) is 14.8 Å². The summed E-state index contributed by atoms with van der Waals surface area (Å²) in [4.78, 5) is 18.4. The highest BCUT2D eigenvalue weighted by molar-refractivity contribution is 5.97. The van der Waals surface area contributed by atoms with Crippen LogP contribution in [-0.4, -0.2) is 58.3 Å². The van der Waals surface area contributed by atoms with Crippen molar-refractivity contribution in [2.75, 3.05) is 31.6 Å². The zero-order valence-electron chi connectivity index (χ0n) is 18.5. The van der Waals surface area contributed by atoms with Gasteiger partial charge in [-0.15, -0.1) is 0 Å². The fourth-order valence-electron chi connectivity index (χ4n) is 4.78. The topological polar surface area (TPSA) is 86.0 Å². The van der Waals surface area contributed by atoms with Crippen molar-refractivity contribution in [3.05, 3.63) is 35.5 Å². The molecule has 3 aromatic rings. The Morgan fingerprint density at radius 2 is 2.06 bits per heavy atom.